The smallest absolute Gasteiger partial charge is 0.119 e. The van der Waals surface area contributed by atoms with Gasteiger partial charge in [0.15, 0.2) is 0 Å². The molecule has 30 heavy (non-hydrogen) atoms. The molecule has 4 radical (unpaired) electrons. The fraction of sp³-hybridized carbons (Fsp3) is 1.00. The Morgan fingerprint density at radius 2 is 1.40 bits per heavy atom. The highest BCUT2D eigenvalue weighted by Gasteiger charge is 2.42. The molecule has 0 rings (SSSR count). The second-order valence-corrected chi connectivity index (χ2v) is 11.3. The highest BCUT2D eigenvalue weighted by molar-refractivity contribution is 6.14. The van der Waals surface area contributed by atoms with Crippen LogP contribution in [0, 0.1) is 16.7 Å². The zero-order valence-corrected chi connectivity index (χ0v) is 21.5. The summed E-state index contributed by atoms with van der Waals surface area (Å²) in [6.45, 7) is 22.2. The third kappa shape index (κ3) is 9.20. The maximum absolute atomic E-state index is 10.1. The van der Waals surface area contributed by atoms with Gasteiger partial charge in [0.05, 0.1) is 18.3 Å². The van der Waals surface area contributed by atoms with E-state index in [2.05, 4.69) is 27.7 Å². The van der Waals surface area contributed by atoms with Gasteiger partial charge in [0.1, 0.15) is 21.4 Å². The van der Waals surface area contributed by atoms with E-state index in [1.807, 2.05) is 34.6 Å². The molecule has 5 nitrogen and oxygen atoms in total. The van der Waals surface area contributed by atoms with E-state index in [1.54, 1.807) is 13.8 Å². The highest BCUT2D eigenvalue weighted by Crippen LogP contribution is 2.39. The highest BCUT2D eigenvalue weighted by atomic mass is 16.5. The van der Waals surface area contributed by atoms with Crippen molar-refractivity contribution in [1.29, 1.82) is 0 Å². The van der Waals surface area contributed by atoms with Crippen LogP contribution in [-0.2, 0) is 14.2 Å². The molecule has 0 saturated heterocycles. The van der Waals surface area contributed by atoms with E-state index in [-0.39, 0.29) is 28.9 Å². The van der Waals surface area contributed by atoms with Gasteiger partial charge in [0.25, 0.3) is 0 Å². The number of aliphatic hydroxyl groups is 1. The summed E-state index contributed by atoms with van der Waals surface area (Å²) in [5.74, 6) is -0.0407. The Balaban J connectivity index is 4.87. The lowest BCUT2D eigenvalue weighted by molar-refractivity contribution is -0.141. The number of ether oxygens (including phenoxy) is 3. The second-order valence-electron chi connectivity index (χ2n) is 11.3. The third-order valence-electron chi connectivity index (χ3n) is 6.90. The molecule has 5 unspecified atom stereocenters. The quantitative estimate of drug-likeness (QED) is 0.329. The fourth-order valence-electron chi connectivity index (χ4n) is 3.00. The second kappa shape index (κ2) is 10.7. The monoisotopic (exact) mass is 423 g/mol. The largest absolute Gasteiger partial charge is 0.390 e. The predicted molar refractivity (Wildman–Crippen MR) is 127 cm³/mol. The average molecular weight is 423 g/mol. The molecular weight excluding hydrogens is 376 g/mol. The van der Waals surface area contributed by atoms with Crippen molar-refractivity contribution in [3.63, 3.8) is 0 Å². The topological polar surface area (TPSA) is 73.9 Å². The third-order valence-corrected chi connectivity index (χ3v) is 6.90. The summed E-state index contributed by atoms with van der Waals surface area (Å²) in [4.78, 5) is 0. The lowest BCUT2D eigenvalue weighted by Gasteiger charge is -2.46. The van der Waals surface area contributed by atoms with Crippen LogP contribution in [0.3, 0.4) is 0 Å². The van der Waals surface area contributed by atoms with E-state index in [0.717, 1.165) is 6.42 Å². The lowest BCUT2D eigenvalue weighted by Crippen LogP contribution is -2.54. The van der Waals surface area contributed by atoms with Gasteiger partial charge in [-0.1, -0.05) is 34.6 Å². The van der Waals surface area contributed by atoms with E-state index in [0.29, 0.717) is 19.6 Å². The van der Waals surface area contributed by atoms with Gasteiger partial charge in [-0.2, -0.15) is 0 Å². The molecule has 0 aliphatic rings. The Morgan fingerprint density at radius 3 is 1.83 bits per heavy atom. The number of hydrogen-bond acceptors (Lipinski definition) is 5. The van der Waals surface area contributed by atoms with Gasteiger partial charge >= 0.3 is 0 Å². The summed E-state index contributed by atoms with van der Waals surface area (Å²) >= 11 is 0. The molecule has 0 spiro atoms. The van der Waals surface area contributed by atoms with Crippen LogP contribution in [0.15, 0.2) is 0 Å². The van der Waals surface area contributed by atoms with Crippen molar-refractivity contribution in [3.05, 3.63) is 0 Å². The van der Waals surface area contributed by atoms with Crippen LogP contribution in [0.1, 0.15) is 89.0 Å². The van der Waals surface area contributed by atoms with Crippen molar-refractivity contribution >= 4 is 15.7 Å². The first-order valence-electron chi connectivity index (χ1n) is 11.1. The van der Waals surface area contributed by atoms with E-state index in [1.165, 1.54) is 0 Å². The first-order valence-corrected chi connectivity index (χ1v) is 11.1. The van der Waals surface area contributed by atoms with Gasteiger partial charge in [-0.25, -0.2) is 0 Å². The number of nitrogens with two attached hydrogens (primary N) is 1. The van der Waals surface area contributed by atoms with Crippen LogP contribution in [0.2, 0.25) is 0 Å². The Labute approximate surface area is 189 Å². The summed E-state index contributed by atoms with van der Waals surface area (Å²) < 4.78 is 17.8. The van der Waals surface area contributed by atoms with Crippen molar-refractivity contribution in [2.45, 2.75) is 118 Å². The zero-order chi connectivity index (χ0) is 24.2. The average Bonchev–Trinajstić information content (AvgIpc) is 2.49. The number of rotatable bonds is 14. The normalized spacial score (nSPS) is 20.8. The molecule has 174 valence electrons. The lowest BCUT2D eigenvalue weighted by atomic mass is 9.62. The molecule has 0 heterocycles. The Hall–Kier alpha value is -0.0701. The van der Waals surface area contributed by atoms with E-state index in [9.17, 15) is 5.11 Å². The van der Waals surface area contributed by atoms with Gasteiger partial charge in [-0.15, -0.1) is 0 Å². The van der Waals surface area contributed by atoms with Crippen LogP contribution < -0.4 is 5.73 Å². The standard InChI is InChI=1S/C23H47B2NO4/c1-16(21(8,9)27)15-29-22(10,25)19(4,5)12-13-28-23(11,26)20(6,7)14-17(2)30-18(3)24/h16-18,27H,12-15,26H2,1-11H3. The van der Waals surface area contributed by atoms with Crippen LogP contribution >= 0.6 is 0 Å². The van der Waals surface area contributed by atoms with Crippen molar-refractivity contribution in [2.24, 2.45) is 22.5 Å². The summed E-state index contributed by atoms with van der Waals surface area (Å²) in [7, 11) is 12.2. The minimum absolute atomic E-state index is 0.0265. The molecule has 7 heteroatoms. The van der Waals surface area contributed by atoms with Crippen molar-refractivity contribution in [3.8, 4) is 0 Å². The maximum Gasteiger partial charge on any atom is 0.119 e. The molecule has 0 aromatic heterocycles. The predicted octanol–water partition coefficient (Wildman–Crippen LogP) is 3.74. The molecule has 0 aliphatic heterocycles. The Kier molecular flexibility index (Phi) is 10.7. The van der Waals surface area contributed by atoms with Crippen LogP contribution in [-0.4, -0.2) is 62.9 Å². The molecule has 0 amide bonds. The van der Waals surface area contributed by atoms with Crippen molar-refractivity contribution in [2.75, 3.05) is 13.2 Å². The molecule has 0 saturated carbocycles. The van der Waals surface area contributed by atoms with Crippen molar-refractivity contribution in [1.82, 2.24) is 0 Å². The van der Waals surface area contributed by atoms with Gasteiger partial charge in [0, 0.05) is 29.4 Å². The first kappa shape index (κ1) is 29.9. The fourth-order valence-corrected chi connectivity index (χ4v) is 3.00. The van der Waals surface area contributed by atoms with E-state index in [4.69, 9.17) is 35.6 Å². The van der Waals surface area contributed by atoms with Crippen LogP contribution in [0.4, 0.5) is 0 Å². The van der Waals surface area contributed by atoms with Gasteiger partial charge in [-0.3, -0.25) is 0 Å². The molecule has 0 bridgehead atoms. The molecule has 0 aromatic carbocycles. The Morgan fingerprint density at radius 1 is 0.900 bits per heavy atom. The molecule has 5 atom stereocenters. The first-order chi connectivity index (χ1) is 13.1. The summed E-state index contributed by atoms with van der Waals surface area (Å²) in [6, 6.07) is -0.317. The maximum atomic E-state index is 10.1. The molecule has 0 fully saturated rings. The van der Waals surface area contributed by atoms with Crippen LogP contribution in [0.25, 0.3) is 0 Å². The summed E-state index contributed by atoms with van der Waals surface area (Å²) in [5, 5.41) is 10.1. The van der Waals surface area contributed by atoms with E-state index >= 15 is 0 Å². The summed E-state index contributed by atoms with van der Waals surface area (Å²) in [6.07, 6.45) is 1.37. The van der Waals surface area contributed by atoms with Gasteiger partial charge < -0.3 is 25.1 Å². The SMILES string of the molecule is [B]C(C)OC(C)CC(C)(C)C(C)(N)OCCC(C)(C)C([B])(C)OCC(C)C(C)(C)O. The van der Waals surface area contributed by atoms with Gasteiger partial charge in [0.2, 0.25) is 0 Å². The molecule has 3 N–H and O–H groups in total. The van der Waals surface area contributed by atoms with Gasteiger partial charge in [-0.05, 0) is 59.8 Å². The minimum atomic E-state index is -0.879. The zero-order valence-electron chi connectivity index (χ0n) is 21.5. The van der Waals surface area contributed by atoms with Crippen molar-refractivity contribution < 1.29 is 19.3 Å². The van der Waals surface area contributed by atoms with E-state index < -0.39 is 16.8 Å². The molecule has 0 aromatic rings. The molecule has 0 aliphatic carbocycles. The Bertz CT molecular complexity index is 514. The molecular formula is C23H47B2NO4. The summed E-state index contributed by atoms with van der Waals surface area (Å²) in [5.41, 5.74) is 3.33. The number of hydrogen-bond donors (Lipinski definition) is 2. The minimum Gasteiger partial charge on any atom is -0.390 e. The van der Waals surface area contributed by atoms with Crippen LogP contribution in [0.5, 0.6) is 0 Å².